The molecule has 2 heterocycles. The van der Waals surface area contributed by atoms with Crippen molar-refractivity contribution in [3.05, 3.63) is 40.4 Å². The first-order valence-electron chi connectivity index (χ1n) is 6.41. The van der Waals surface area contributed by atoms with Crippen molar-refractivity contribution in [1.82, 2.24) is 10.1 Å². The van der Waals surface area contributed by atoms with Crippen molar-refractivity contribution in [1.29, 1.82) is 0 Å². The molecule has 2 rings (SSSR count). The van der Waals surface area contributed by atoms with Gasteiger partial charge in [0.2, 0.25) is 0 Å². The topological polar surface area (TPSA) is 88.2 Å². The van der Waals surface area contributed by atoms with Gasteiger partial charge in [0.15, 0.2) is 0 Å². The van der Waals surface area contributed by atoms with E-state index >= 15 is 0 Å². The second kappa shape index (κ2) is 5.73. The lowest BCUT2D eigenvalue weighted by Gasteiger charge is -2.08. The molecule has 0 aliphatic rings. The van der Waals surface area contributed by atoms with Crippen LogP contribution in [0.2, 0.25) is 0 Å². The van der Waals surface area contributed by atoms with Crippen LogP contribution < -0.4 is 5.32 Å². The number of anilines is 1. The van der Waals surface area contributed by atoms with Gasteiger partial charge < -0.3 is 14.9 Å². The molecule has 6 heteroatoms. The number of nitrogens with zero attached hydrogens (tertiary/aromatic N) is 2. The molecule has 0 saturated carbocycles. The summed E-state index contributed by atoms with van der Waals surface area (Å²) in [5.74, 6) is 0.337. The molecule has 0 atom stereocenters. The Morgan fingerprint density at radius 3 is 2.70 bits per heavy atom. The zero-order valence-corrected chi connectivity index (χ0v) is 11.7. The lowest BCUT2D eigenvalue weighted by molar-refractivity contribution is 0.0696. The quantitative estimate of drug-likeness (QED) is 0.871. The van der Waals surface area contributed by atoms with Crippen LogP contribution in [0.25, 0.3) is 0 Å². The molecule has 0 bridgehead atoms. The van der Waals surface area contributed by atoms with E-state index in [1.54, 1.807) is 6.07 Å². The van der Waals surface area contributed by atoms with Crippen LogP contribution in [0.3, 0.4) is 0 Å². The molecule has 0 radical (unpaired) electrons. The first kappa shape index (κ1) is 14.0. The first-order valence-corrected chi connectivity index (χ1v) is 6.41. The van der Waals surface area contributed by atoms with Gasteiger partial charge in [-0.15, -0.1) is 0 Å². The average molecular weight is 275 g/mol. The maximum absolute atomic E-state index is 11.1. The summed E-state index contributed by atoms with van der Waals surface area (Å²) in [4.78, 5) is 15.4. The molecule has 0 aromatic carbocycles. The fraction of sp³-hybridized carbons (Fsp3) is 0.357. The van der Waals surface area contributed by atoms with Crippen LogP contribution >= 0.6 is 0 Å². The number of nitrogens with one attached hydrogen (secondary N) is 1. The van der Waals surface area contributed by atoms with Gasteiger partial charge in [0, 0.05) is 17.8 Å². The van der Waals surface area contributed by atoms with Crippen LogP contribution in [-0.4, -0.2) is 21.2 Å². The van der Waals surface area contributed by atoms with Crippen molar-refractivity contribution in [2.24, 2.45) is 0 Å². The summed E-state index contributed by atoms with van der Waals surface area (Å²) >= 11 is 0. The standard InChI is InChI=1S/C14H17N3O3/c1-4-11-5-10(14(18)19)6-13(16-11)15-7-12-8(2)17-20-9(12)3/h5-6H,4,7H2,1-3H3,(H,15,16)(H,18,19). The number of aromatic nitrogens is 2. The highest BCUT2D eigenvalue weighted by atomic mass is 16.5. The minimum absolute atomic E-state index is 0.234. The maximum Gasteiger partial charge on any atom is 0.335 e. The predicted molar refractivity (Wildman–Crippen MR) is 73.9 cm³/mol. The highest BCUT2D eigenvalue weighted by Crippen LogP contribution is 2.16. The summed E-state index contributed by atoms with van der Waals surface area (Å²) in [6.45, 7) is 6.15. The van der Waals surface area contributed by atoms with E-state index in [0.717, 1.165) is 22.7 Å². The maximum atomic E-state index is 11.1. The Labute approximate surface area is 116 Å². The van der Waals surface area contributed by atoms with E-state index in [0.29, 0.717) is 18.8 Å². The number of carboxylic acids is 1. The van der Waals surface area contributed by atoms with Gasteiger partial charge in [0.1, 0.15) is 11.6 Å². The summed E-state index contributed by atoms with van der Waals surface area (Å²) in [6.07, 6.45) is 0.682. The Kier molecular flexibility index (Phi) is 4.02. The number of carbonyl (C=O) groups is 1. The van der Waals surface area contributed by atoms with Crippen molar-refractivity contribution < 1.29 is 14.4 Å². The Hall–Kier alpha value is -2.37. The van der Waals surface area contributed by atoms with E-state index in [1.165, 1.54) is 6.07 Å². The average Bonchev–Trinajstić information content (AvgIpc) is 2.75. The number of pyridine rings is 1. The van der Waals surface area contributed by atoms with Crippen molar-refractivity contribution in [2.45, 2.75) is 33.7 Å². The van der Waals surface area contributed by atoms with Gasteiger partial charge in [-0.1, -0.05) is 12.1 Å². The highest BCUT2D eigenvalue weighted by Gasteiger charge is 2.11. The van der Waals surface area contributed by atoms with Crippen LogP contribution in [0.5, 0.6) is 0 Å². The molecule has 2 N–H and O–H groups in total. The second-order valence-corrected chi connectivity index (χ2v) is 4.55. The summed E-state index contributed by atoms with van der Waals surface area (Å²) in [5, 5.41) is 16.1. The molecular formula is C14H17N3O3. The number of hydrogen-bond acceptors (Lipinski definition) is 5. The molecule has 0 aliphatic carbocycles. The summed E-state index contributed by atoms with van der Waals surface area (Å²) in [6, 6.07) is 3.11. The van der Waals surface area contributed by atoms with E-state index in [4.69, 9.17) is 9.63 Å². The van der Waals surface area contributed by atoms with Crippen LogP contribution in [0.4, 0.5) is 5.82 Å². The van der Waals surface area contributed by atoms with Gasteiger partial charge in [0.05, 0.1) is 11.3 Å². The fourth-order valence-corrected chi connectivity index (χ4v) is 1.92. The van der Waals surface area contributed by atoms with E-state index in [1.807, 2.05) is 20.8 Å². The number of aromatic carboxylic acids is 1. The van der Waals surface area contributed by atoms with Gasteiger partial charge in [0.25, 0.3) is 0 Å². The van der Waals surface area contributed by atoms with E-state index in [-0.39, 0.29) is 5.56 Å². The number of carboxylic acid groups (broad SMARTS) is 1. The van der Waals surface area contributed by atoms with Gasteiger partial charge >= 0.3 is 5.97 Å². The smallest absolute Gasteiger partial charge is 0.335 e. The van der Waals surface area contributed by atoms with Gasteiger partial charge in [-0.25, -0.2) is 9.78 Å². The van der Waals surface area contributed by atoms with Crippen LogP contribution in [0, 0.1) is 13.8 Å². The van der Waals surface area contributed by atoms with E-state index < -0.39 is 5.97 Å². The Morgan fingerprint density at radius 1 is 1.40 bits per heavy atom. The van der Waals surface area contributed by atoms with Gasteiger partial charge in [-0.3, -0.25) is 0 Å². The summed E-state index contributed by atoms with van der Waals surface area (Å²) in [7, 11) is 0. The number of hydrogen-bond donors (Lipinski definition) is 2. The monoisotopic (exact) mass is 275 g/mol. The molecule has 0 saturated heterocycles. The van der Waals surface area contributed by atoms with Crippen molar-refractivity contribution >= 4 is 11.8 Å². The van der Waals surface area contributed by atoms with E-state index in [2.05, 4.69) is 15.5 Å². The minimum Gasteiger partial charge on any atom is -0.478 e. The zero-order chi connectivity index (χ0) is 14.7. The predicted octanol–water partition coefficient (Wildman–Crippen LogP) is 2.56. The van der Waals surface area contributed by atoms with Crippen LogP contribution in [0.15, 0.2) is 16.7 Å². The van der Waals surface area contributed by atoms with E-state index in [9.17, 15) is 4.79 Å². The summed E-state index contributed by atoms with van der Waals surface area (Å²) < 4.78 is 5.09. The normalized spacial score (nSPS) is 10.6. The Bertz CT molecular complexity index is 615. The molecule has 2 aromatic heterocycles. The molecule has 20 heavy (non-hydrogen) atoms. The van der Waals surface area contributed by atoms with Gasteiger partial charge in [-0.05, 0) is 32.4 Å². The lowest BCUT2D eigenvalue weighted by atomic mass is 10.2. The number of rotatable bonds is 5. The molecule has 106 valence electrons. The molecule has 0 aliphatic heterocycles. The van der Waals surface area contributed by atoms with Crippen LogP contribution in [-0.2, 0) is 13.0 Å². The van der Waals surface area contributed by atoms with Crippen molar-refractivity contribution in [2.75, 3.05) is 5.32 Å². The first-order chi connectivity index (χ1) is 9.51. The highest BCUT2D eigenvalue weighted by molar-refractivity contribution is 5.88. The third-order valence-corrected chi connectivity index (χ3v) is 3.12. The van der Waals surface area contributed by atoms with Gasteiger partial charge in [-0.2, -0.15) is 0 Å². The Morgan fingerprint density at radius 2 is 2.15 bits per heavy atom. The number of aryl methyl sites for hydroxylation is 3. The molecule has 2 aromatic rings. The molecule has 0 spiro atoms. The molecule has 0 amide bonds. The molecule has 0 fully saturated rings. The zero-order valence-electron chi connectivity index (χ0n) is 11.7. The minimum atomic E-state index is -0.956. The van der Waals surface area contributed by atoms with Crippen LogP contribution in [0.1, 0.15) is 40.0 Å². The fourth-order valence-electron chi connectivity index (χ4n) is 1.92. The van der Waals surface area contributed by atoms with Crippen molar-refractivity contribution in [3.8, 4) is 0 Å². The lowest BCUT2D eigenvalue weighted by Crippen LogP contribution is -2.07. The third-order valence-electron chi connectivity index (χ3n) is 3.12. The summed E-state index contributed by atoms with van der Waals surface area (Å²) in [5.41, 5.74) is 2.76. The van der Waals surface area contributed by atoms with Crippen molar-refractivity contribution in [3.63, 3.8) is 0 Å². The SMILES string of the molecule is CCc1cc(C(=O)O)cc(NCc2c(C)noc2C)n1. The third kappa shape index (κ3) is 2.96. The second-order valence-electron chi connectivity index (χ2n) is 4.55. The largest absolute Gasteiger partial charge is 0.478 e. The molecule has 0 unspecified atom stereocenters. The molecule has 6 nitrogen and oxygen atoms in total. The Balaban J connectivity index is 2.21. The molecular weight excluding hydrogens is 258 g/mol.